The van der Waals surface area contributed by atoms with Crippen LogP contribution in [0, 0.1) is 6.92 Å². The highest BCUT2D eigenvalue weighted by Gasteiger charge is 2.18. The molecule has 0 saturated heterocycles. The summed E-state index contributed by atoms with van der Waals surface area (Å²) in [5.74, 6) is 0. The van der Waals surface area contributed by atoms with Crippen LogP contribution in [0.4, 0.5) is 17.1 Å². The minimum atomic E-state index is 1.15. The molecule has 0 unspecified atom stereocenters. The predicted molar refractivity (Wildman–Crippen MR) is 147 cm³/mol. The van der Waals surface area contributed by atoms with Gasteiger partial charge in [-0.2, -0.15) is 0 Å². The average Bonchev–Trinajstić information content (AvgIpc) is 2.88. The molecule has 0 saturated carbocycles. The Bertz CT molecular complexity index is 1760. The van der Waals surface area contributed by atoms with E-state index in [9.17, 15) is 0 Å². The monoisotopic (exact) mass is 433 g/mol. The summed E-state index contributed by atoms with van der Waals surface area (Å²) >= 11 is 0. The van der Waals surface area contributed by atoms with Gasteiger partial charge in [0.2, 0.25) is 0 Å². The molecule has 160 valence electrons. The Morgan fingerprint density at radius 3 is 1.53 bits per heavy atom. The predicted octanol–water partition coefficient (Wildman–Crippen LogP) is 9.52. The Morgan fingerprint density at radius 1 is 0.412 bits per heavy atom. The van der Waals surface area contributed by atoms with Gasteiger partial charge >= 0.3 is 0 Å². The van der Waals surface area contributed by atoms with Gasteiger partial charge in [-0.3, -0.25) is 0 Å². The van der Waals surface area contributed by atoms with Gasteiger partial charge in [-0.05, 0) is 92.0 Å². The van der Waals surface area contributed by atoms with Crippen molar-refractivity contribution in [2.24, 2.45) is 0 Å². The van der Waals surface area contributed by atoms with E-state index >= 15 is 0 Å². The zero-order valence-electron chi connectivity index (χ0n) is 19.0. The quantitative estimate of drug-likeness (QED) is 0.198. The van der Waals surface area contributed by atoms with E-state index in [1.807, 2.05) is 0 Å². The summed E-state index contributed by atoms with van der Waals surface area (Å²) in [4.78, 5) is 2.35. The van der Waals surface area contributed by atoms with Crippen molar-refractivity contribution in [1.82, 2.24) is 0 Å². The molecule has 34 heavy (non-hydrogen) atoms. The van der Waals surface area contributed by atoms with Crippen molar-refractivity contribution in [1.29, 1.82) is 0 Å². The van der Waals surface area contributed by atoms with Crippen molar-refractivity contribution in [3.63, 3.8) is 0 Å². The second-order valence-corrected chi connectivity index (χ2v) is 9.12. The first-order chi connectivity index (χ1) is 16.8. The lowest BCUT2D eigenvalue weighted by Crippen LogP contribution is -2.09. The summed E-state index contributed by atoms with van der Waals surface area (Å²) < 4.78 is 0. The largest absolute Gasteiger partial charge is 0.310 e. The Morgan fingerprint density at radius 2 is 0.941 bits per heavy atom. The number of para-hydroxylation sites is 2. The minimum Gasteiger partial charge on any atom is -0.310 e. The van der Waals surface area contributed by atoms with E-state index in [1.165, 1.54) is 54.3 Å². The third kappa shape index (κ3) is 2.80. The van der Waals surface area contributed by atoms with Crippen LogP contribution in [0.3, 0.4) is 0 Å². The first kappa shape index (κ1) is 19.1. The summed E-state index contributed by atoms with van der Waals surface area (Å²) in [5.41, 5.74) is 4.78. The van der Waals surface area contributed by atoms with Crippen molar-refractivity contribution in [3.8, 4) is 0 Å². The Balaban J connectivity index is 1.63. The second-order valence-electron chi connectivity index (χ2n) is 9.12. The maximum absolute atomic E-state index is 2.38. The van der Waals surface area contributed by atoms with Crippen molar-refractivity contribution in [2.75, 3.05) is 4.90 Å². The summed E-state index contributed by atoms with van der Waals surface area (Å²) in [6.07, 6.45) is 0. The molecule has 0 radical (unpaired) electrons. The van der Waals surface area contributed by atoms with Gasteiger partial charge < -0.3 is 4.90 Å². The molecule has 7 aromatic carbocycles. The van der Waals surface area contributed by atoms with Crippen LogP contribution in [0.15, 0.2) is 121 Å². The fraction of sp³-hybridized carbons (Fsp3) is 0.0303. The fourth-order valence-corrected chi connectivity index (χ4v) is 5.59. The van der Waals surface area contributed by atoms with Crippen LogP contribution in [0.2, 0.25) is 0 Å². The lowest BCUT2D eigenvalue weighted by atomic mass is 9.88. The lowest BCUT2D eigenvalue weighted by Gasteiger charge is -2.26. The number of hydrogen-bond donors (Lipinski definition) is 0. The summed E-state index contributed by atoms with van der Waals surface area (Å²) in [5, 5.41) is 10.6. The fourth-order valence-electron chi connectivity index (χ4n) is 5.59. The maximum Gasteiger partial charge on any atom is 0.0474 e. The molecule has 1 nitrogen and oxygen atoms in total. The van der Waals surface area contributed by atoms with Gasteiger partial charge in [0.25, 0.3) is 0 Å². The number of hydrogen-bond acceptors (Lipinski definition) is 1. The zero-order chi connectivity index (χ0) is 22.6. The van der Waals surface area contributed by atoms with Crippen molar-refractivity contribution in [2.45, 2.75) is 6.92 Å². The van der Waals surface area contributed by atoms with Gasteiger partial charge in [-0.25, -0.2) is 0 Å². The molecule has 0 aliphatic rings. The molecule has 0 bridgehead atoms. The first-order valence-electron chi connectivity index (χ1n) is 11.8. The van der Waals surface area contributed by atoms with Crippen LogP contribution in [-0.2, 0) is 0 Å². The normalized spacial score (nSPS) is 11.7. The molecular formula is C33H23N. The standard InChI is InChI=1S/C33H23N/c1-22-18-23-10-8-17-29-31-21-27(20-24-11-9-16-28(33(24)31)30(19-22)32(23)29)34(25-12-4-2-5-13-25)26-14-6-3-7-15-26/h2-21H,1H3. The van der Waals surface area contributed by atoms with Crippen molar-refractivity contribution in [3.05, 3.63) is 127 Å². The molecule has 0 fully saturated rings. The van der Waals surface area contributed by atoms with Crippen molar-refractivity contribution < 1.29 is 0 Å². The van der Waals surface area contributed by atoms with E-state index in [4.69, 9.17) is 0 Å². The van der Waals surface area contributed by atoms with Crippen LogP contribution in [0.25, 0.3) is 43.1 Å². The van der Waals surface area contributed by atoms with Crippen LogP contribution >= 0.6 is 0 Å². The van der Waals surface area contributed by atoms with Gasteiger partial charge in [-0.1, -0.05) is 84.9 Å². The number of rotatable bonds is 3. The van der Waals surface area contributed by atoms with Gasteiger partial charge in [0, 0.05) is 17.1 Å². The Labute approximate surface area is 198 Å². The molecule has 0 aliphatic heterocycles. The highest BCUT2D eigenvalue weighted by Crippen LogP contribution is 2.44. The average molecular weight is 434 g/mol. The van der Waals surface area contributed by atoms with Crippen LogP contribution < -0.4 is 4.90 Å². The summed E-state index contributed by atoms with van der Waals surface area (Å²) in [6.45, 7) is 2.19. The molecule has 0 atom stereocenters. The van der Waals surface area contributed by atoms with E-state index < -0.39 is 0 Å². The Kier molecular flexibility index (Phi) is 4.13. The highest BCUT2D eigenvalue weighted by atomic mass is 15.1. The lowest BCUT2D eigenvalue weighted by molar-refractivity contribution is 1.29. The topological polar surface area (TPSA) is 3.24 Å². The van der Waals surface area contributed by atoms with Crippen molar-refractivity contribution >= 4 is 60.2 Å². The molecular weight excluding hydrogens is 410 g/mol. The molecule has 0 aromatic heterocycles. The van der Waals surface area contributed by atoms with E-state index in [-0.39, 0.29) is 0 Å². The smallest absolute Gasteiger partial charge is 0.0474 e. The summed E-state index contributed by atoms with van der Waals surface area (Å²) in [6, 6.07) is 44.1. The van der Waals surface area contributed by atoms with Crippen LogP contribution in [0.1, 0.15) is 5.56 Å². The Hall–Kier alpha value is -4.36. The van der Waals surface area contributed by atoms with E-state index in [0.717, 1.165) is 11.4 Å². The molecule has 0 spiro atoms. The van der Waals surface area contributed by atoms with Gasteiger partial charge in [0.1, 0.15) is 0 Å². The third-order valence-corrected chi connectivity index (χ3v) is 6.95. The second kappa shape index (κ2) is 7.33. The molecule has 7 aromatic rings. The molecule has 0 amide bonds. The number of aryl methyl sites for hydroxylation is 1. The highest BCUT2D eigenvalue weighted by molar-refractivity contribution is 6.33. The third-order valence-electron chi connectivity index (χ3n) is 6.95. The molecule has 0 aliphatic carbocycles. The number of anilines is 3. The summed E-state index contributed by atoms with van der Waals surface area (Å²) in [7, 11) is 0. The molecule has 0 heterocycles. The number of nitrogens with zero attached hydrogens (tertiary/aromatic N) is 1. The first-order valence-corrected chi connectivity index (χ1v) is 11.8. The van der Waals surface area contributed by atoms with E-state index in [0.29, 0.717) is 0 Å². The van der Waals surface area contributed by atoms with Crippen LogP contribution in [-0.4, -0.2) is 0 Å². The maximum atomic E-state index is 2.38. The number of fused-ring (bicyclic) bond motifs is 2. The zero-order valence-corrected chi connectivity index (χ0v) is 19.0. The van der Waals surface area contributed by atoms with Gasteiger partial charge in [0.15, 0.2) is 0 Å². The van der Waals surface area contributed by atoms with E-state index in [1.54, 1.807) is 0 Å². The SMILES string of the molecule is Cc1cc2cccc3c4cc(N(c5ccccc5)c5ccccc5)cc5cccc(c(c1)c23)c54. The van der Waals surface area contributed by atoms with E-state index in [2.05, 4.69) is 133 Å². The molecule has 1 heteroatoms. The van der Waals surface area contributed by atoms with Gasteiger partial charge in [-0.15, -0.1) is 0 Å². The van der Waals surface area contributed by atoms with Gasteiger partial charge in [0.05, 0.1) is 0 Å². The van der Waals surface area contributed by atoms with Crippen LogP contribution in [0.5, 0.6) is 0 Å². The minimum absolute atomic E-state index is 1.15. The number of benzene rings is 7. The molecule has 0 N–H and O–H groups in total. The molecule has 7 rings (SSSR count).